The van der Waals surface area contributed by atoms with Gasteiger partial charge in [0, 0.05) is 44.3 Å². The van der Waals surface area contributed by atoms with E-state index in [-0.39, 0.29) is 11.3 Å². The number of furan rings is 1. The molecule has 3 saturated heterocycles. The quantitative estimate of drug-likeness (QED) is 0.823. The minimum atomic E-state index is -0.0191. The first-order valence-electron chi connectivity index (χ1n) is 8.98. The Hall–Kier alpha value is -1.37. The Morgan fingerprint density at radius 3 is 2.79 bits per heavy atom. The molecule has 0 radical (unpaired) electrons. The molecule has 3 aliphatic heterocycles. The second-order valence-corrected chi connectivity index (χ2v) is 7.32. The van der Waals surface area contributed by atoms with Crippen molar-refractivity contribution in [1.82, 2.24) is 9.80 Å². The third-order valence-corrected chi connectivity index (χ3v) is 5.63. The Kier molecular flexibility index (Phi) is 4.61. The van der Waals surface area contributed by atoms with Crippen LogP contribution in [0.3, 0.4) is 0 Å². The Bertz CT molecular complexity index is 555. The number of rotatable bonds is 2. The van der Waals surface area contributed by atoms with Crippen molar-refractivity contribution < 1.29 is 18.7 Å². The Morgan fingerprint density at radius 2 is 2.00 bits per heavy atom. The zero-order valence-electron chi connectivity index (χ0n) is 14.1. The fraction of sp³-hybridized carbons (Fsp3) is 0.722. The fourth-order valence-corrected chi connectivity index (χ4v) is 4.30. The predicted molar refractivity (Wildman–Crippen MR) is 87.9 cm³/mol. The van der Waals surface area contributed by atoms with Crippen molar-refractivity contribution in [2.24, 2.45) is 5.41 Å². The van der Waals surface area contributed by atoms with Crippen LogP contribution in [0.4, 0.5) is 0 Å². The van der Waals surface area contributed by atoms with Crippen LogP contribution in [0.15, 0.2) is 22.8 Å². The average Bonchev–Trinajstić information content (AvgIpc) is 3.24. The molecule has 4 heterocycles. The number of ether oxygens (including phenoxy) is 2. The molecule has 3 aliphatic rings. The second-order valence-electron chi connectivity index (χ2n) is 7.32. The summed E-state index contributed by atoms with van der Waals surface area (Å²) in [6, 6.07) is 4.12. The molecule has 0 saturated carbocycles. The number of amides is 1. The molecule has 24 heavy (non-hydrogen) atoms. The van der Waals surface area contributed by atoms with Gasteiger partial charge >= 0.3 is 0 Å². The lowest BCUT2D eigenvalue weighted by molar-refractivity contribution is 0.0283. The van der Waals surface area contributed by atoms with Crippen LogP contribution in [0.5, 0.6) is 0 Å². The second kappa shape index (κ2) is 6.86. The number of carbonyl (C=O) groups excluding carboxylic acids is 1. The molecule has 0 aliphatic carbocycles. The van der Waals surface area contributed by atoms with Gasteiger partial charge in [-0.25, -0.2) is 0 Å². The molecule has 0 N–H and O–H groups in total. The first kappa shape index (κ1) is 16.1. The molecular formula is C18H26N2O4. The van der Waals surface area contributed by atoms with Crippen molar-refractivity contribution in [1.29, 1.82) is 0 Å². The monoisotopic (exact) mass is 334 g/mol. The van der Waals surface area contributed by atoms with Gasteiger partial charge in [-0.1, -0.05) is 0 Å². The highest BCUT2D eigenvalue weighted by atomic mass is 16.5. The summed E-state index contributed by atoms with van der Waals surface area (Å²) < 4.78 is 16.7. The summed E-state index contributed by atoms with van der Waals surface area (Å²) in [6.45, 7) is 6.59. The normalized spacial score (nSPS) is 29.9. The van der Waals surface area contributed by atoms with E-state index in [4.69, 9.17) is 13.9 Å². The fourth-order valence-electron chi connectivity index (χ4n) is 4.30. The van der Waals surface area contributed by atoms with Gasteiger partial charge in [-0.15, -0.1) is 0 Å². The zero-order valence-corrected chi connectivity index (χ0v) is 14.1. The van der Waals surface area contributed by atoms with Crippen molar-refractivity contribution in [2.45, 2.75) is 25.3 Å². The molecule has 1 aromatic heterocycles. The van der Waals surface area contributed by atoms with Gasteiger partial charge in [0.25, 0.3) is 5.91 Å². The van der Waals surface area contributed by atoms with E-state index in [0.717, 1.165) is 58.7 Å². The molecule has 6 heteroatoms. The van der Waals surface area contributed by atoms with E-state index in [9.17, 15) is 4.79 Å². The van der Waals surface area contributed by atoms with E-state index in [1.807, 2.05) is 4.90 Å². The number of hydrogen-bond donors (Lipinski definition) is 0. The van der Waals surface area contributed by atoms with Crippen LogP contribution in [0.25, 0.3) is 0 Å². The lowest BCUT2D eigenvalue weighted by Gasteiger charge is -2.35. The molecule has 1 amide bonds. The maximum atomic E-state index is 12.7. The number of hydrogen-bond acceptors (Lipinski definition) is 5. The summed E-state index contributed by atoms with van der Waals surface area (Å²) >= 11 is 0. The third kappa shape index (κ3) is 3.23. The van der Waals surface area contributed by atoms with Gasteiger partial charge < -0.3 is 18.8 Å². The summed E-state index contributed by atoms with van der Waals surface area (Å²) in [5, 5.41) is 0. The molecule has 0 aromatic carbocycles. The summed E-state index contributed by atoms with van der Waals surface area (Å²) in [5.41, 5.74) is 0.0526. The van der Waals surface area contributed by atoms with Crippen molar-refractivity contribution in [2.75, 3.05) is 52.6 Å². The average molecular weight is 334 g/mol. The van der Waals surface area contributed by atoms with Gasteiger partial charge in [0.15, 0.2) is 5.76 Å². The first-order chi connectivity index (χ1) is 11.8. The van der Waals surface area contributed by atoms with Crippen LogP contribution in [0.2, 0.25) is 0 Å². The lowest BCUT2D eigenvalue weighted by Crippen LogP contribution is -2.45. The van der Waals surface area contributed by atoms with Crippen LogP contribution in [0.1, 0.15) is 29.8 Å². The summed E-state index contributed by atoms with van der Waals surface area (Å²) in [4.78, 5) is 17.2. The first-order valence-corrected chi connectivity index (χ1v) is 8.98. The molecule has 132 valence electrons. The van der Waals surface area contributed by atoms with Crippen molar-refractivity contribution >= 4 is 5.91 Å². The van der Waals surface area contributed by atoms with Gasteiger partial charge in [-0.2, -0.15) is 0 Å². The van der Waals surface area contributed by atoms with Crippen LogP contribution in [-0.2, 0) is 9.47 Å². The minimum absolute atomic E-state index is 0.0191. The van der Waals surface area contributed by atoms with Crippen LogP contribution < -0.4 is 0 Å². The van der Waals surface area contributed by atoms with E-state index >= 15 is 0 Å². The number of nitrogens with zero attached hydrogens (tertiary/aromatic N) is 2. The topological polar surface area (TPSA) is 55.2 Å². The maximum absolute atomic E-state index is 12.7. The summed E-state index contributed by atoms with van der Waals surface area (Å²) in [7, 11) is 0. The smallest absolute Gasteiger partial charge is 0.289 e. The zero-order chi connectivity index (χ0) is 16.4. The Balaban J connectivity index is 1.45. The van der Waals surface area contributed by atoms with E-state index in [0.29, 0.717) is 25.0 Å². The van der Waals surface area contributed by atoms with Crippen LogP contribution >= 0.6 is 0 Å². The molecule has 4 rings (SSSR count). The highest BCUT2D eigenvalue weighted by Gasteiger charge is 2.44. The molecular weight excluding hydrogens is 308 g/mol. The Labute approximate surface area is 142 Å². The molecule has 3 fully saturated rings. The van der Waals surface area contributed by atoms with Crippen LogP contribution in [0, 0.1) is 5.41 Å². The van der Waals surface area contributed by atoms with Gasteiger partial charge in [-0.05, 0) is 37.9 Å². The summed E-state index contributed by atoms with van der Waals surface area (Å²) in [5.74, 6) is 0.403. The van der Waals surface area contributed by atoms with Gasteiger partial charge in [-0.3, -0.25) is 9.69 Å². The van der Waals surface area contributed by atoms with Crippen molar-refractivity contribution in [3.8, 4) is 0 Å². The largest absolute Gasteiger partial charge is 0.459 e. The molecule has 0 bridgehead atoms. The molecule has 6 nitrogen and oxygen atoms in total. The number of likely N-dealkylation sites (tertiary alicyclic amines) is 1. The van der Waals surface area contributed by atoms with Crippen LogP contribution in [-0.4, -0.2) is 74.4 Å². The third-order valence-electron chi connectivity index (χ3n) is 5.63. The standard InChI is InChI=1S/C18H26N2O4/c21-17(16-2-1-8-24-16)20-7-11-23-14-18(13-20)5-6-19(12-18)15-3-9-22-10-4-15/h1-2,8,15H,3-7,9-14H2/t18-/m1/s1. The maximum Gasteiger partial charge on any atom is 0.289 e. The minimum Gasteiger partial charge on any atom is -0.459 e. The lowest BCUT2D eigenvalue weighted by atomic mass is 9.87. The molecule has 1 spiro atoms. The molecule has 1 aromatic rings. The van der Waals surface area contributed by atoms with E-state index in [1.54, 1.807) is 18.4 Å². The van der Waals surface area contributed by atoms with E-state index < -0.39 is 0 Å². The Morgan fingerprint density at radius 1 is 1.12 bits per heavy atom. The highest BCUT2D eigenvalue weighted by molar-refractivity contribution is 5.91. The van der Waals surface area contributed by atoms with Gasteiger partial charge in [0.05, 0.1) is 19.5 Å². The van der Waals surface area contributed by atoms with Gasteiger partial charge in [0.2, 0.25) is 0 Å². The number of carbonyl (C=O) groups is 1. The predicted octanol–water partition coefficient (Wildman–Crippen LogP) is 1.62. The summed E-state index contributed by atoms with van der Waals surface area (Å²) in [6.07, 6.45) is 4.88. The van der Waals surface area contributed by atoms with Gasteiger partial charge in [0.1, 0.15) is 0 Å². The molecule has 0 unspecified atom stereocenters. The highest BCUT2D eigenvalue weighted by Crippen LogP contribution is 2.36. The SMILES string of the molecule is O=C(c1ccco1)N1CCOC[C@@]2(CCN(C3CCOCC3)C2)C1. The van der Waals surface area contributed by atoms with Crippen molar-refractivity contribution in [3.05, 3.63) is 24.2 Å². The van der Waals surface area contributed by atoms with Crippen molar-refractivity contribution in [3.63, 3.8) is 0 Å². The van der Waals surface area contributed by atoms with E-state index in [1.165, 1.54) is 0 Å². The van der Waals surface area contributed by atoms with E-state index in [2.05, 4.69) is 4.90 Å². The molecule has 1 atom stereocenters.